The summed E-state index contributed by atoms with van der Waals surface area (Å²) in [5.74, 6) is 5.96. The summed E-state index contributed by atoms with van der Waals surface area (Å²) in [4.78, 5) is 20.1. The van der Waals surface area contributed by atoms with Gasteiger partial charge in [0.2, 0.25) is 0 Å². The van der Waals surface area contributed by atoms with Crippen LogP contribution >= 0.6 is 11.6 Å². The normalized spacial score (nSPS) is 10.3. The Morgan fingerprint density at radius 2 is 2.32 bits per heavy atom. The molecule has 2 aromatic heterocycles. The minimum atomic E-state index is -0.384. The zero-order chi connectivity index (χ0) is 13.8. The first-order valence-corrected chi connectivity index (χ1v) is 5.87. The number of halogens is 1. The van der Waals surface area contributed by atoms with Gasteiger partial charge in [-0.1, -0.05) is 11.6 Å². The van der Waals surface area contributed by atoms with Crippen LogP contribution in [0.3, 0.4) is 0 Å². The molecular weight excluding hydrogens is 268 g/mol. The van der Waals surface area contributed by atoms with E-state index in [2.05, 4.69) is 20.7 Å². The molecule has 8 heteroatoms. The quantitative estimate of drug-likeness (QED) is 0.565. The second-order valence-corrected chi connectivity index (χ2v) is 4.22. The molecule has 2 rings (SSSR count). The number of carbonyl (C=O) groups excluding carboxylic acids is 1. The van der Waals surface area contributed by atoms with E-state index in [9.17, 15) is 4.79 Å². The summed E-state index contributed by atoms with van der Waals surface area (Å²) >= 11 is 5.93. The predicted octanol–water partition coefficient (Wildman–Crippen LogP) is 0.684. The fourth-order valence-corrected chi connectivity index (χ4v) is 1.68. The van der Waals surface area contributed by atoms with Crippen molar-refractivity contribution in [1.82, 2.24) is 19.9 Å². The molecule has 19 heavy (non-hydrogen) atoms. The Hall–Kier alpha value is -2.12. The Morgan fingerprint density at radius 3 is 2.95 bits per heavy atom. The number of nitrogens with zero attached hydrogens (tertiary/aromatic N) is 3. The van der Waals surface area contributed by atoms with Crippen molar-refractivity contribution in [2.24, 2.45) is 12.9 Å². The van der Waals surface area contributed by atoms with E-state index in [1.165, 1.54) is 0 Å². The van der Waals surface area contributed by atoms with Gasteiger partial charge in [-0.2, -0.15) is 0 Å². The lowest BCUT2D eigenvalue weighted by atomic mass is 10.3. The number of nitrogens with two attached hydrogens (primary N) is 1. The molecule has 2 heterocycles. The van der Waals surface area contributed by atoms with Gasteiger partial charge in [-0.15, -0.1) is 0 Å². The van der Waals surface area contributed by atoms with Crippen molar-refractivity contribution in [2.45, 2.75) is 6.54 Å². The van der Waals surface area contributed by atoms with Crippen LogP contribution in [-0.4, -0.2) is 20.4 Å². The molecule has 4 N–H and O–H groups in total. The highest BCUT2D eigenvalue weighted by Gasteiger charge is 2.13. The van der Waals surface area contributed by atoms with Gasteiger partial charge in [-0.25, -0.2) is 15.8 Å². The van der Waals surface area contributed by atoms with E-state index in [0.29, 0.717) is 12.4 Å². The third-order valence-corrected chi connectivity index (χ3v) is 2.84. The third-order valence-electron chi connectivity index (χ3n) is 2.54. The minimum absolute atomic E-state index is 0.117. The zero-order valence-electron chi connectivity index (χ0n) is 10.2. The van der Waals surface area contributed by atoms with E-state index in [4.69, 9.17) is 17.4 Å². The molecule has 1 amide bonds. The average molecular weight is 281 g/mol. The van der Waals surface area contributed by atoms with E-state index in [-0.39, 0.29) is 16.6 Å². The highest BCUT2D eigenvalue weighted by Crippen LogP contribution is 2.16. The molecule has 0 saturated carbocycles. The topological polar surface area (TPSA) is 97.9 Å². The van der Waals surface area contributed by atoms with Crippen LogP contribution in [0.25, 0.3) is 0 Å². The molecule has 0 aliphatic heterocycles. The van der Waals surface area contributed by atoms with Crippen LogP contribution in [0.5, 0.6) is 0 Å². The molecule has 0 aromatic carbocycles. The fourth-order valence-electron chi connectivity index (χ4n) is 1.49. The summed E-state index contributed by atoms with van der Waals surface area (Å²) in [5.41, 5.74) is 2.48. The first kappa shape index (κ1) is 13.3. The largest absolute Gasteiger partial charge is 0.343 e. The number of aryl methyl sites for hydroxylation is 1. The van der Waals surface area contributed by atoms with Crippen LogP contribution in [0.4, 0.5) is 5.82 Å². The lowest BCUT2D eigenvalue weighted by molar-refractivity contribution is 0.0945. The number of pyridine rings is 1. The SMILES string of the molecule is Cn1ccnc1CNC(=O)c1nc(NN)ccc1Cl. The highest BCUT2D eigenvalue weighted by molar-refractivity contribution is 6.33. The van der Waals surface area contributed by atoms with E-state index >= 15 is 0 Å². The van der Waals surface area contributed by atoms with Gasteiger partial charge >= 0.3 is 0 Å². The molecule has 2 aromatic rings. The van der Waals surface area contributed by atoms with E-state index < -0.39 is 0 Å². The van der Waals surface area contributed by atoms with Crippen molar-refractivity contribution in [3.8, 4) is 0 Å². The van der Waals surface area contributed by atoms with E-state index in [1.54, 1.807) is 24.5 Å². The molecule has 0 aliphatic carbocycles. The second-order valence-electron chi connectivity index (χ2n) is 3.81. The molecule has 0 bridgehead atoms. The Kier molecular flexibility index (Phi) is 3.98. The summed E-state index contributed by atoms with van der Waals surface area (Å²) in [6.45, 7) is 0.292. The highest BCUT2D eigenvalue weighted by atomic mass is 35.5. The van der Waals surface area contributed by atoms with E-state index in [0.717, 1.165) is 5.82 Å². The van der Waals surface area contributed by atoms with Gasteiger partial charge in [-0.3, -0.25) is 4.79 Å². The Balaban J connectivity index is 2.10. The van der Waals surface area contributed by atoms with Crippen LogP contribution in [0.15, 0.2) is 24.5 Å². The summed E-state index contributed by atoms with van der Waals surface area (Å²) in [5, 5.41) is 2.96. The first-order chi connectivity index (χ1) is 9.11. The van der Waals surface area contributed by atoms with Gasteiger partial charge in [0.25, 0.3) is 5.91 Å². The zero-order valence-corrected chi connectivity index (χ0v) is 11.0. The van der Waals surface area contributed by atoms with Crippen LogP contribution in [0.2, 0.25) is 5.02 Å². The molecule has 0 fully saturated rings. The number of hydrazine groups is 1. The Bertz CT molecular complexity index is 597. The maximum absolute atomic E-state index is 12.0. The molecule has 0 radical (unpaired) electrons. The third kappa shape index (κ3) is 3.01. The van der Waals surface area contributed by atoms with Crippen molar-refractivity contribution >= 4 is 23.3 Å². The minimum Gasteiger partial charge on any atom is -0.343 e. The maximum Gasteiger partial charge on any atom is 0.271 e. The van der Waals surface area contributed by atoms with Crippen molar-refractivity contribution in [1.29, 1.82) is 0 Å². The molecule has 0 saturated heterocycles. The Morgan fingerprint density at radius 1 is 1.53 bits per heavy atom. The predicted molar refractivity (Wildman–Crippen MR) is 71.4 cm³/mol. The van der Waals surface area contributed by atoms with Crippen LogP contribution in [0, 0.1) is 0 Å². The molecule has 7 nitrogen and oxygen atoms in total. The number of nitrogens with one attached hydrogen (secondary N) is 2. The first-order valence-electron chi connectivity index (χ1n) is 5.49. The van der Waals surface area contributed by atoms with Gasteiger partial charge in [0.05, 0.1) is 11.6 Å². The Labute approximate surface area is 114 Å². The van der Waals surface area contributed by atoms with Gasteiger partial charge in [0.1, 0.15) is 17.3 Å². The molecule has 100 valence electrons. The van der Waals surface area contributed by atoms with Crippen molar-refractivity contribution in [3.05, 3.63) is 41.1 Å². The number of carbonyl (C=O) groups is 1. The lowest BCUT2D eigenvalue weighted by Crippen LogP contribution is -2.26. The summed E-state index contributed by atoms with van der Waals surface area (Å²) in [6, 6.07) is 3.14. The monoisotopic (exact) mass is 280 g/mol. The number of nitrogen functional groups attached to an aromatic ring is 1. The van der Waals surface area contributed by atoms with Crippen molar-refractivity contribution in [2.75, 3.05) is 5.43 Å². The van der Waals surface area contributed by atoms with Crippen LogP contribution in [0.1, 0.15) is 16.3 Å². The molecule has 0 atom stereocenters. The molecule has 0 unspecified atom stereocenters. The van der Waals surface area contributed by atoms with Gasteiger partial charge in [0.15, 0.2) is 0 Å². The number of hydrogen-bond acceptors (Lipinski definition) is 5. The number of rotatable bonds is 4. The fraction of sp³-hybridized carbons (Fsp3) is 0.182. The van der Waals surface area contributed by atoms with Gasteiger partial charge in [0, 0.05) is 19.4 Å². The average Bonchev–Trinajstić information content (AvgIpc) is 2.82. The molecule has 0 spiro atoms. The standard InChI is InChI=1S/C11H13ClN6O/c1-18-5-4-14-9(18)6-15-11(19)10-7(12)2-3-8(16-10)17-13/h2-5H,6,13H2,1H3,(H,15,19)(H,16,17). The number of anilines is 1. The van der Waals surface area contributed by atoms with Crippen LogP contribution < -0.4 is 16.6 Å². The second kappa shape index (κ2) is 5.68. The lowest BCUT2D eigenvalue weighted by Gasteiger charge is -2.07. The smallest absolute Gasteiger partial charge is 0.271 e. The van der Waals surface area contributed by atoms with Crippen molar-refractivity contribution in [3.63, 3.8) is 0 Å². The number of imidazole rings is 1. The van der Waals surface area contributed by atoms with Gasteiger partial charge < -0.3 is 15.3 Å². The number of hydrogen-bond donors (Lipinski definition) is 3. The summed E-state index contributed by atoms with van der Waals surface area (Å²) < 4.78 is 1.81. The van der Waals surface area contributed by atoms with Crippen LogP contribution in [-0.2, 0) is 13.6 Å². The van der Waals surface area contributed by atoms with E-state index in [1.807, 2.05) is 11.6 Å². The summed E-state index contributed by atoms with van der Waals surface area (Å²) in [7, 11) is 1.85. The van der Waals surface area contributed by atoms with Gasteiger partial charge in [-0.05, 0) is 12.1 Å². The number of aromatic nitrogens is 3. The van der Waals surface area contributed by atoms with Crippen molar-refractivity contribution < 1.29 is 4.79 Å². The number of amides is 1. The summed E-state index contributed by atoms with van der Waals surface area (Å²) in [6.07, 6.45) is 3.46. The molecular formula is C11H13ClN6O. The molecule has 0 aliphatic rings. The maximum atomic E-state index is 12.0.